The number of thiazole rings is 1. The van der Waals surface area contributed by atoms with E-state index in [9.17, 15) is 0 Å². The third-order valence-electron chi connectivity index (χ3n) is 2.17. The molecule has 2 aromatic rings. The minimum absolute atomic E-state index is 0.851. The van der Waals surface area contributed by atoms with Crippen molar-refractivity contribution in [3.05, 3.63) is 28.2 Å². The van der Waals surface area contributed by atoms with Gasteiger partial charge in [-0.05, 0) is 19.1 Å². The van der Waals surface area contributed by atoms with E-state index in [4.69, 9.17) is 11.6 Å². The van der Waals surface area contributed by atoms with Gasteiger partial charge >= 0.3 is 0 Å². The lowest BCUT2D eigenvalue weighted by Gasteiger charge is -1.92. The molecular weight excluding hydrogens is 202 g/mol. The standard InChI is InChI=1S/C10H11ClNS/c1-3-12-7(2)13-9-6-4-5-8(11)10(9)12/h4-6H,3H2,1-2H3/q+1. The molecule has 0 saturated heterocycles. The second kappa shape index (κ2) is 3.28. The lowest BCUT2D eigenvalue weighted by atomic mass is 10.3. The zero-order valence-electron chi connectivity index (χ0n) is 7.67. The molecule has 0 aliphatic rings. The minimum atomic E-state index is 0.851. The first kappa shape index (κ1) is 8.97. The Bertz CT molecular complexity index is 447. The van der Waals surface area contributed by atoms with Crippen molar-refractivity contribution < 1.29 is 4.57 Å². The smallest absolute Gasteiger partial charge is 0.185 e. The van der Waals surface area contributed by atoms with Crippen molar-refractivity contribution in [2.45, 2.75) is 20.4 Å². The molecule has 1 nitrogen and oxygen atoms in total. The van der Waals surface area contributed by atoms with Crippen LogP contribution >= 0.6 is 22.9 Å². The summed E-state index contributed by atoms with van der Waals surface area (Å²) in [6, 6.07) is 6.06. The van der Waals surface area contributed by atoms with E-state index in [-0.39, 0.29) is 0 Å². The Labute approximate surface area is 86.6 Å². The molecule has 0 atom stereocenters. The van der Waals surface area contributed by atoms with Crippen LogP contribution in [-0.4, -0.2) is 0 Å². The highest BCUT2D eigenvalue weighted by atomic mass is 35.5. The van der Waals surface area contributed by atoms with Gasteiger partial charge in [-0.2, -0.15) is 4.57 Å². The molecule has 1 aromatic heterocycles. The summed E-state index contributed by atoms with van der Waals surface area (Å²) in [5.74, 6) is 0. The fourth-order valence-corrected chi connectivity index (χ4v) is 3.04. The highest BCUT2D eigenvalue weighted by Crippen LogP contribution is 2.25. The molecule has 0 aliphatic carbocycles. The summed E-state index contributed by atoms with van der Waals surface area (Å²) >= 11 is 7.94. The molecule has 0 unspecified atom stereocenters. The van der Waals surface area contributed by atoms with Gasteiger partial charge in [0.15, 0.2) is 0 Å². The van der Waals surface area contributed by atoms with E-state index < -0.39 is 0 Å². The third kappa shape index (κ3) is 1.34. The molecule has 0 radical (unpaired) electrons. The molecule has 1 aromatic carbocycles. The topological polar surface area (TPSA) is 3.88 Å². The quantitative estimate of drug-likeness (QED) is 0.640. The molecule has 0 saturated carbocycles. The Morgan fingerprint density at radius 2 is 2.23 bits per heavy atom. The second-order valence-electron chi connectivity index (χ2n) is 2.95. The van der Waals surface area contributed by atoms with E-state index in [0.717, 1.165) is 11.6 Å². The number of hydrogen-bond donors (Lipinski definition) is 0. The summed E-state index contributed by atoms with van der Waals surface area (Å²) in [5, 5.41) is 2.16. The Hall–Kier alpha value is -0.600. The van der Waals surface area contributed by atoms with Crippen LogP contribution in [0.25, 0.3) is 10.2 Å². The fraction of sp³-hybridized carbons (Fsp3) is 0.300. The molecule has 3 heteroatoms. The van der Waals surface area contributed by atoms with Crippen molar-refractivity contribution in [2.75, 3.05) is 0 Å². The molecule has 0 fully saturated rings. The molecule has 0 amide bonds. The number of rotatable bonds is 1. The average molecular weight is 213 g/mol. The number of nitrogens with zero attached hydrogens (tertiary/aromatic N) is 1. The molecule has 0 N–H and O–H groups in total. The van der Waals surface area contributed by atoms with Crippen molar-refractivity contribution in [2.24, 2.45) is 0 Å². The summed E-state index contributed by atoms with van der Waals surface area (Å²) in [5.41, 5.74) is 1.18. The van der Waals surface area contributed by atoms with E-state index in [0.29, 0.717) is 0 Å². The van der Waals surface area contributed by atoms with Gasteiger partial charge in [0.2, 0.25) is 10.5 Å². The Balaban J connectivity index is 2.88. The van der Waals surface area contributed by atoms with Crippen LogP contribution in [0.3, 0.4) is 0 Å². The maximum atomic E-state index is 6.14. The molecular formula is C10H11ClNS+. The zero-order valence-corrected chi connectivity index (χ0v) is 9.25. The molecule has 0 bridgehead atoms. The van der Waals surface area contributed by atoms with Gasteiger partial charge in [-0.1, -0.05) is 29.0 Å². The fourth-order valence-electron chi connectivity index (χ4n) is 1.59. The van der Waals surface area contributed by atoms with Crippen molar-refractivity contribution in [1.82, 2.24) is 0 Å². The number of benzene rings is 1. The molecule has 13 heavy (non-hydrogen) atoms. The number of halogens is 1. The molecule has 68 valence electrons. The van der Waals surface area contributed by atoms with Crippen LogP contribution in [0.15, 0.2) is 18.2 Å². The van der Waals surface area contributed by atoms with Gasteiger partial charge in [-0.25, -0.2) is 0 Å². The van der Waals surface area contributed by atoms with Crippen LogP contribution in [-0.2, 0) is 6.54 Å². The third-order valence-corrected chi connectivity index (χ3v) is 3.54. The van der Waals surface area contributed by atoms with Gasteiger partial charge in [0.05, 0.1) is 0 Å². The normalized spacial score (nSPS) is 11.0. The average Bonchev–Trinajstić information content (AvgIpc) is 2.42. The lowest BCUT2D eigenvalue weighted by molar-refractivity contribution is -0.669. The lowest BCUT2D eigenvalue weighted by Crippen LogP contribution is -2.33. The van der Waals surface area contributed by atoms with Crippen LogP contribution in [0.1, 0.15) is 11.9 Å². The Morgan fingerprint density at radius 3 is 2.92 bits per heavy atom. The first-order valence-electron chi connectivity index (χ1n) is 4.31. The number of aryl methyl sites for hydroxylation is 2. The van der Waals surface area contributed by atoms with E-state index in [1.165, 1.54) is 15.2 Å². The van der Waals surface area contributed by atoms with Crippen molar-refractivity contribution in [1.29, 1.82) is 0 Å². The van der Waals surface area contributed by atoms with Crippen molar-refractivity contribution in [3.8, 4) is 0 Å². The van der Waals surface area contributed by atoms with Crippen LogP contribution in [0.4, 0.5) is 0 Å². The Morgan fingerprint density at radius 1 is 1.46 bits per heavy atom. The van der Waals surface area contributed by atoms with Gasteiger partial charge in [-0.3, -0.25) is 0 Å². The number of hydrogen-bond acceptors (Lipinski definition) is 1. The highest BCUT2D eigenvalue weighted by Gasteiger charge is 2.17. The van der Waals surface area contributed by atoms with Crippen LogP contribution in [0.2, 0.25) is 5.02 Å². The summed E-state index contributed by atoms with van der Waals surface area (Å²) in [4.78, 5) is 0. The van der Waals surface area contributed by atoms with Crippen molar-refractivity contribution >= 4 is 33.2 Å². The highest BCUT2D eigenvalue weighted by molar-refractivity contribution is 7.18. The molecule has 2 rings (SSSR count). The first-order valence-corrected chi connectivity index (χ1v) is 5.51. The van der Waals surface area contributed by atoms with Crippen LogP contribution in [0.5, 0.6) is 0 Å². The van der Waals surface area contributed by atoms with Gasteiger partial charge in [0.1, 0.15) is 16.3 Å². The van der Waals surface area contributed by atoms with Crippen molar-refractivity contribution in [3.63, 3.8) is 0 Å². The van der Waals surface area contributed by atoms with E-state index in [1.807, 2.05) is 12.1 Å². The zero-order chi connectivity index (χ0) is 9.42. The van der Waals surface area contributed by atoms with E-state index in [2.05, 4.69) is 24.5 Å². The molecule has 0 spiro atoms. The predicted molar refractivity (Wildman–Crippen MR) is 57.4 cm³/mol. The number of aromatic nitrogens is 1. The molecule has 1 heterocycles. The van der Waals surface area contributed by atoms with E-state index in [1.54, 1.807) is 11.3 Å². The summed E-state index contributed by atoms with van der Waals surface area (Å²) < 4.78 is 3.52. The Kier molecular flexibility index (Phi) is 2.26. The maximum Gasteiger partial charge on any atom is 0.242 e. The summed E-state index contributed by atoms with van der Waals surface area (Å²) in [7, 11) is 0. The molecule has 0 aliphatic heterocycles. The first-order chi connectivity index (χ1) is 6.24. The number of para-hydroxylation sites is 1. The number of fused-ring (bicyclic) bond motifs is 1. The van der Waals surface area contributed by atoms with Gasteiger partial charge in [-0.15, -0.1) is 0 Å². The van der Waals surface area contributed by atoms with E-state index >= 15 is 0 Å². The maximum absolute atomic E-state index is 6.14. The van der Waals surface area contributed by atoms with Crippen LogP contribution in [0, 0.1) is 6.92 Å². The SMILES string of the molecule is CC[n+]1c(C)sc2cccc(Cl)c21. The second-order valence-corrected chi connectivity index (χ2v) is 4.59. The van der Waals surface area contributed by atoms with Gasteiger partial charge in [0.25, 0.3) is 0 Å². The predicted octanol–water partition coefficient (Wildman–Crippen LogP) is 3.17. The minimum Gasteiger partial charge on any atom is -0.185 e. The van der Waals surface area contributed by atoms with Gasteiger partial charge in [0, 0.05) is 6.92 Å². The summed E-state index contributed by atoms with van der Waals surface area (Å²) in [6.45, 7) is 5.25. The summed E-state index contributed by atoms with van der Waals surface area (Å²) in [6.07, 6.45) is 0. The van der Waals surface area contributed by atoms with Gasteiger partial charge < -0.3 is 0 Å². The largest absolute Gasteiger partial charge is 0.242 e. The monoisotopic (exact) mass is 212 g/mol. The van der Waals surface area contributed by atoms with Crippen LogP contribution < -0.4 is 4.57 Å².